The second-order valence-corrected chi connectivity index (χ2v) is 9.91. The lowest BCUT2D eigenvalue weighted by Gasteiger charge is -2.29. The van der Waals surface area contributed by atoms with Gasteiger partial charge in [-0.05, 0) is 0 Å². The summed E-state index contributed by atoms with van der Waals surface area (Å²) in [5.74, 6) is -0.387. The molecule has 0 radical (unpaired) electrons. The van der Waals surface area contributed by atoms with Crippen LogP contribution in [-0.4, -0.2) is 81.9 Å². The molecular weight excluding hydrogens is 545 g/mol. The van der Waals surface area contributed by atoms with E-state index in [1.165, 1.54) is 10.9 Å². The third kappa shape index (κ3) is 5.85. The number of nitrogens with zero attached hydrogens (tertiary/aromatic N) is 6. The first-order valence-corrected chi connectivity index (χ1v) is 12.7. The summed E-state index contributed by atoms with van der Waals surface area (Å²) in [5.41, 5.74) is 9.76. The SMILES string of the molecule is Nc1ncn([C@H]2CC(OP(=O)([O-])OC[C@H]3O[C@@H](n4cnc5c(=O)[nH]c(N)nc54)CC3O)[C@@H](CO)O2)c(=O)n1.[CH3-]. The molecule has 5 rings (SSSR count). The maximum atomic E-state index is 12.5. The first-order valence-electron chi connectivity index (χ1n) is 11.2. The Kier molecular flexibility index (Phi) is 8.14. The molecule has 0 amide bonds. The Hall–Kier alpha value is -3.29. The minimum atomic E-state index is -5.01. The molecule has 20 heteroatoms. The van der Waals surface area contributed by atoms with Crippen LogP contribution in [0.4, 0.5) is 11.9 Å². The van der Waals surface area contributed by atoms with Crippen molar-refractivity contribution in [1.29, 1.82) is 0 Å². The molecule has 3 unspecified atom stereocenters. The van der Waals surface area contributed by atoms with Crippen LogP contribution < -0.4 is 27.6 Å². The topological polar surface area (TPSA) is 281 Å². The number of nitrogens with one attached hydrogen (secondary N) is 1. The average molecular weight is 571 g/mol. The van der Waals surface area contributed by atoms with Gasteiger partial charge in [0.05, 0.1) is 31.7 Å². The number of hydrogen-bond donors (Lipinski definition) is 5. The Bertz CT molecular complexity index is 1490. The van der Waals surface area contributed by atoms with E-state index in [0.717, 1.165) is 10.9 Å². The van der Waals surface area contributed by atoms with E-state index in [-0.39, 0.29) is 43.3 Å². The molecular formula is C19H26N9O10P-2. The summed E-state index contributed by atoms with van der Waals surface area (Å²) in [6, 6.07) is 0. The number of nitrogens with two attached hydrogens (primary N) is 2. The van der Waals surface area contributed by atoms with Gasteiger partial charge in [-0.25, -0.2) is 14.8 Å². The smallest absolute Gasteiger partial charge is 0.354 e. The van der Waals surface area contributed by atoms with Crippen molar-refractivity contribution in [2.24, 2.45) is 0 Å². The van der Waals surface area contributed by atoms with Gasteiger partial charge in [-0.2, -0.15) is 9.97 Å². The van der Waals surface area contributed by atoms with Crippen molar-refractivity contribution in [3.05, 3.63) is 40.9 Å². The number of aliphatic hydroxyl groups is 2. The van der Waals surface area contributed by atoms with Crippen LogP contribution in [0.15, 0.2) is 22.2 Å². The molecule has 2 saturated heterocycles. The van der Waals surface area contributed by atoms with E-state index in [1.54, 1.807) is 0 Å². The molecule has 214 valence electrons. The van der Waals surface area contributed by atoms with Crippen LogP contribution in [0.2, 0.25) is 0 Å². The number of aromatic amines is 1. The maximum absolute atomic E-state index is 12.5. The van der Waals surface area contributed by atoms with Crippen molar-refractivity contribution in [1.82, 2.24) is 34.1 Å². The van der Waals surface area contributed by atoms with Crippen LogP contribution in [0, 0.1) is 7.43 Å². The van der Waals surface area contributed by atoms with Crippen molar-refractivity contribution in [3.63, 3.8) is 0 Å². The zero-order chi connectivity index (χ0) is 27.2. The number of aliphatic hydroxyl groups excluding tert-OH is 2. The highest BCUT2D eigenvalue weighted by Gasteiger charge is 2.41. The summed E-state index contributed by atoms with van der Waals surface area (Å²) >= 11 is 0. The van der Waals surface area contributed by atoms with Gasteiger partial charge in [0.2, 0.25) is 11.9 Å². The summed E-state index contributed by atoms with van der Waals surface area (Å²) in [6.45, 7) is -1.22. The molecule has 19 nitrogen and oxygen atoms in total. The van der Waals surface area contributed by atoms with Gasteiger partial charge in [0, 0.05) is 12.8 Å². The van der Waals surface area contributed by atoms with Crippen molar-refractivity contribution in [3.8, 4) is 0 Å². The van der Waals surface area contributed by atoms with Crippen LogP contribution in [0.1, 0.15) is 25.3 Å². The summed E-state index contributed by atoms with van der Waals surface area (Å²) in [4.78, 5) is 54.1. The number of hydrogen-bond acceptors (Lipinski definition) is 16. The lowest BCUT2D eigenvalue weighted by molar-refractivity contribution is -0.234. The van der Waals surface area contributed by atoms with E-state index >= 15 is 0 Å². The quantitative estimate of drug-likeness (QED) is 0.135. The molecule has 3 aromatic rings. The van der Waals surface area contributed by atoms with Crippen LogP contribution >= 0.6 is 7.82 Å². The molecule has 0 aliphatic carbocycles. The van der Waals surface area contributed by atoms with E-state index < -0.39 is 69.2 Å². The number of phosphoric acid groups is 1. The van der Waals surface area contributed by atoms with Crippen molar-refractivity contribution < 1.29 is 38.2 Å². The highest BCUT2D eigenvalue weighted by Crippen LogP contribution is 2.45. The fourth-order valence-corrected chi connectivity index (χ4v) is 5.19. The van der Waals surface area contributed by atoms with Gasteiger partial charge in [0.25, 0.3) is 13.4 Å². The van der Waals surface area contributed by atoms with Gasteiger partial charge in [0.1, 0.15) is 31.0 Å². The highest BCUT2D eigenvalue weighted by atomic mass is 31.2. The number of ether oxygens (including phenoxy) is 2. The van der Waals surface area contributed by atoms with Crippen molar-refractivity contribution in [2.75, 3.05) is 24.7 Å². The van der Waals surface area contributed by atoms with Gasteiger partial charge in [-0.15, -0.1) is 0 Å². The zero-order valence-corrected chi connectivity index (χ0v) is 21.3. The Balaban J connectivity index is 0.00000353. The largest absolute Gasteiger partial charge is 0.756 e. The Morgan fingerprint density at radius 3 is 2.54 bits per heavy atom. The van der Waals surface area contributed by atoms with E-state index in [4.69, 9.17) is 30.0 Å². The van der Waals surface area contributed by atoms with E-state index in [9.17, 15) is 29.3 Å². The second-order valence-electron chi connectivity index (χ2n) is 8.55. The van der Waals surface area contributed by atoms with Crippen LogP contribution in [-0.2, 0) is 23.1 Å². The third-order valence-electron chi connectivity index (χ3n) is 6.04. The standard InChI is InChI=1S/C18H24N9O10P.CH3/c19-16-22-6-27(18(31)25-16)12-2-8(9(3-28)35-12)37-38(32,33)34-4-10-7(29)1-11(36-10)26-5-21-13-14(26)23-17(20)24-15(13)30;/h5-12,28-29H,1-4H2,(H,32,33)(H2,19,25,31)(H3,20,23,24,30);1H3/q;-1/p-1/t7?,8?,9-,10-,11-,12-;/m1./s1. The molecule has 0 saturated carbocycles. The zero-order valence-electron chi connectivity index (χ0n) is 20.4. The Morgan fingerprint density at radius 1 is 1.13 bits per heavy atom. The molecule has 7 atom stereocenters. The third-order valence-corrected chi connectivity index (χ3v) is 7.04. The maximum Gasteiger partial charge on any atom is 0.354 e. The van der Waals surface area contributed by atoms with Crippen LogP contribution in [0.3, 0.4) is 0 Å². The minimum absolute atomic E-state index is 0. The summed E-state index contributed by atoms with van der Waals surface area (Å²) in [6.07, 6.45) is -4.16. The predicted octanol–water partition coefficient (Wildman–Crippen LogP) is -2.82. The first kappa shape index (κ1) is 28.7. The molecule has 39 heavy (non-hydrogen) atoms. The molecule has 0 bridgehead atoms. The molecule has 2 aliphatic rings. The summed E-state index contributed by atoms with van der Waals surface area (Å²) in [5, 5.41) is 20.0. The highest BCUT2D eigenvalue weighted by molar-refractivity contribution is 7.45. The number of rotatable bonds is 8. The average Bonchev–Trinajstić information content (AvgIpc) is 3.54. The number of phosphoric ester groups is 1. The number of H-pyrrole nitrogens is 1. The Morgan fingerprint density at radius 2 is 1.82 bits per heavy atom. The molecule has 3 aromatic heterocycles. The summed E-state index contributed by atoms with van der Waals surface area (Å²) in [7, 11) is -5.01. The number of fused-ring (bicyclic) bond motifs is 1. The van der Waals surface area contributed by atoms with E-state index in [1.807, 2.05) is 0 Å². The predicted molar refractivity (Wildman–Crippen MR) is 128 cm³/mol. The van der Waals surface area contributed by atoms with Gasteiger partial charge < -0.3 is 52.5 Å². The van der Waals surface area contributed by atoms with Gasteiger partial charge in [-0.1, -0.05) is 0 Å². The second kappa shape index (κ2) is 11.1. The van der Waals surface area contributed by atoms with Gasteiger partial charge >= 0.3 is 5.69 Å². The normalized spacial score (nSPS) is 28.4. The van der Waals surface area contributed by atoms with E-state index in [2.05, 4.69) is 24.9 Å². The number of anilines is 2. The number of aromatic nitrogens is 7. The summed E-state index contributed by atoms with van der Waals surface area (Å²) < 4.78 is 36.2. The Labute approximate surface area is 219 Å². The van der Waals surface area contributed by atoms with Gasteiger partial charge in [-0.3, -0.25) is 23.5 Å². The van der Waals surface area contributed by atoms with Crippen LogP contribution in [0.25, 0.3) is 11.2 Å². The molecule has 0 aromatic carbocycles. The van der Waals surface area contributed by atoms with Gasteiger partial charge in [0.15, 0.2) is 11.2 Å². The molecule has 0 spiro atoms. The van der Waals surface area contributed by atoms with E-state index in [0.29, 0.717) is 0 Å². The minimum Gasteiger partial charge on any atom is -0.756 e. The molecule has 7 N–H and O–H groups in total. The number of nitrogen functional groups attached to an aromatic ring is 2. The van der Waals surface area contributed by atoms with Crippen molar-refractivity contribution >= 4 is 30.9 Å². The number of imidazole rings is 1. The molecule has 2 fully saturated rings. The lowest BCUT2D eigenvalue weighted by atomic mass is 10.2. The van der Waals surface area contributed by atoms with Crippen molar-refractivity contribution in [2.45, 2.75) is 49.7 Å². The monoisotopic (exact) mass is 571 g/mol. The molecule has 2 aliphatic heterocycles. The molecule has 5 heterocycles. The lowest BCUT2D eigenvalue weighted by Crippen LogP contribution is -2.31. The fraction of sp³-hybridized carbons (Fsp3) is 0.526. The first-order chi connectivity index (χ1) is 18.0. The fourth-order valence-electron chi connectivity index (χ4n) is 4.25. The van der Waals surface area contributed by atoms with Crippen LogP contribution in [0.5, 0.6) is 0 Å².